The molecule has 1 aromatic heterocycles. The third-order valence-corrected chi connectivity index (χ3v) is 2.01. The maximum atomic E-state index is 12.5. The normalized spacial score (nSPS) is 10.9. The monoisotopic (exact) mass is 280 g/mol. The van der Waals surface area contributed by atoms with Crippen molar-refractivity contribution >= 4 is 23.3 Å². The summed E-state index contributed by atoms with van der Waals surface area (Å²) in [6.45, 7) is 2.32. The highest BCUT2D eigenvalue weighted by Crippen LogP contribution is 2.30. The van der Waals surface area contributed by atoms with Crippen molar-refractivity contribution in [3.63, 3.8) is 0 Å². The molecule has 0 aromatic carbocycles. The van der Waals surface area contributed by atoms with E-state index in [9.17, 15) is 13.2 Å². The second-order valence-corrected chi connectivity index (χ2v) is 3.51. The second kappa shape index (κ2) is 5.80. The molecule has 0 aliphatic rings. The van der Waals surface area contributed by atoms with Crippen LogP contribution in [0.1, 0.15) is 12.6 Å². The van der Waals surface area contributed by atoms with Crippen molar-refractivity contribution in [2.75, 3.05) is 19.0 Å². The van der Waals surface area contributed by atoms with Gasteiger partial charge in [-0.15, -0.1) is 0 Å². The van der Waals surface area contributed by atoms with Gasteiger partial charge in [0.05, 0.1) is 7.11 Å². The van der Waals surface area contributed by atoms with Gasteiger partial charge in [0.2, 0.25) is 11.8 Å². The van der Waals surface area contributed by atoms with E-state index in [1.807, 2.05) is 0 Å². The second-order valence-electron chi connectivity index (χ2n) is 3.10. The first-order valence-corrected chi connectivity index (χ1v) is 5.32. The summed E-state index contributed by atoms with van der Waals surface area (Å²) < 4.78 is 42.3. The number of alkyl halides is 3. The number of nitrogens with zero attached hydrogens (tertiary/aromatic N) is 2. The van der Waals surface area contributed by atoms with Crippen molar-refractivity contribution in [2.24, 2.45) is 0 Å². The molecule has 0 amide bonds. The first kappa shape index (κ1) is 14.4. The fraction of sp³-hybridized carbons (Fsp3) is 0.444. The van der Waals surface area contributed by atoms with Gasteiger partial charge in [-0.2, -0.15) is 18.2 Å². The number of halogens is 3. The summed E-state index contributed by atoms with van der Waals surface area (Å²) in [5, 5.41) is 5.29. The van der Waals surface area contributed by atoms with E-state index < -0.39 is 11.9 Å². The molecular formula is C9H11F3N4OS. The molecule has 0 atom stereocenters. The van der Waals surface area contributed by atoms with Crippen LogP contribution in [-0.4, -0.2) is 28.7 Å². The van der Waals surface area contributed by atoms with E-state index in [0.717, 1.165) is 0 Å². The van der Waals surface area contributed by atoms with Crippen LogP contribution in [0.5, 0.6) is 5.88 Å². The Labute approximate surface area is 107 Å². The van der Waals surface area contributed by atoms with E-state index in [2.05, 4.69) is 25.3 Å². The van der Waals surface area contributed by atoms with Crippen LogP contribution in [0.2, 0.25) is 0 Å². The maximum absolute atomic E-state index is 12.5. The van der Waals surface area contributed by atoms with Crippen LogP contribution in [0.15, 0.2) is 6.07 Å². The van der Waals surface area contributed by atoms with Crippen LogP contribution >= 0.6 is 12.2 Å². The molecule has 0 aliphatic carbocycles. The topological polar surface area (TPSA) is 59.1 Å². The molecule has 1 aromatic rings. The Bertz CT molecular complexity index is 438. The molecule has 0 radical (unpaired) electrons. The fourth-order valence-corrected chi connectivity index (χ4v) is 1.27. The van der Waals surface area contributed by atoms with Crippen molar-refractivity contribution in [3.05, 3.63) is 11.8 Å². The van der Waals surface area contributed by atoms with Gasteiger partial charge in [0.25, 0.3) is 0 Å². The van der Waals surface area contributed by atoms with Crippen molar-refractivity contribution in [1.29, 1.82) is 0 Å². The van der Waals surface area contributed by atoms with E-state index in [-0.39, 0.29) is 16.9 Å². The van der Waals surface area contributed by atoms with Gasteiger partial charge in [0.1, 0.15) is 0 Å². The first-order valence-electron chi connectivity index (χ1n) is 4.92. The summed E-state index contributed by atoms with van der Waals surface area (Å²) in [5.41, 5.74) is -1.10. The van der Waals surface area contributed by atoms with Gasteiger partial charge in [0.15, 0.2) is 10.8 Å². The molecule has 0 fully saturated rings. The standard InChI is InChI=1S/C9H11F3N4OS/c1-3-13-8(18)16-7-14-5(9(10,11)12)4-6(15-7)17-2/h4H,3H2,1-2H3,(H2,13,14,15,16,18). The molecule has 0 aliphatic heterocycles. The molecule has 2 N–H and O–H groups in total. The summed E-state index contributed by atoms with van der Waals surface area (Å²) in [4.78, 5) is 7.04. The smallest absolute Gasteiger partial charge is 0.433 e. The lowest BCUT2D eigenvalue weighted by molar-refractivity contribution is -0.141. The highest BCUT2D eigenvalue weighted by molar-refractivity contribution is 7.80. The number of hydrogen-bond acceptors (Lipinski definition) is 4. The molecule has 9 heteroatoms. The zero-order chi connectivity index (χ0) is 13.8. The lowest BCUT2D eigenvalue weighted by Crippen LogP contribution is -2.29. The third-order valence-electron chi connectivity index (χ3n) is 1.76. The summed E-state index contributed by atoms with van der Waals surface area (Å²) in [6.07, 6.45) is -4.58. The molecule has 1 rings (SSSR count). The van der Waals surface area contributed by atoms with E-state index in [1.54, 1.807) is 6.92 Å². The Kier molecular flexibility index (Phi) is 4.65. The molecule has 0 saturated carbocycles. The molecule has 5 nitrogen and oxygen atoms in total. The SMILES string of the molecule is CCNC(=S)Nc1nc(OC)cc(C(F)(F)F)n1. The van der Waals surface area contributed by atoms with E-state index in [0.29, 0.717) is 12.6 Å². The number of methoxy groups -OCH3 is 1. The third kappa shape index (κ3) is 3.99. The van der Waals surface area contributed by atoms with E-state index in [4.69, 9.17) is 12.2 Å². The molecule has 100 valence electrons. The van der Waals surface area contributed by atoms with Crippen LogP contribution in [-0.2, 0) is 6.18 Å². The van der Waals surface area contributed by atoms with Crippen molar-refractivity contribution < 1.29 is 17.9 Å². The predicted molar refractivity (Wildman–Crippen MR) is 63.5 cm³/mol. The summed E-state index contributed by atoms with van der Waals surface area (Å²) in [7, 11) is 1.22. The van der Waals surface area contributed by atoms with Crippen LogP contribution in [0.25, 0.3) is 0 Å². The maximum Gasteiger partial charge on any atom is 0.433 e. The van der Waals surface area contributed by atoms with Gasteiger partial charge in [-0.25, -0.2) is 4.98 Å². The van der Waals surface area contributed by atoms with E-state index >= 15 is 0 Å². The Hall–Kier alpha value is -1.64. The number of thiocarbonyl (C=S) groups is 1. The van der Waals surface area contributed by atoms with Gasteiger partial charge in [-0.3, -0.25) is 0 Å². The molecule has 1 heterocycles. The van der Waals surface area contributed by atoms with Crippen LogP contribution in [0.4, 0.5) is 19.1 Å². The van der Waals surface area contributed by atoms with Gasteiger partial charge < -0.3 is 15.4 Å². The van der Waals surface area contributed by atoms with Crippen LogP contribution in [0, 0.1) is 0 Å². The molecule has 0 saturated heterocycles. The van der Waals surface area contributed by atoms with Crippen molar-refractivity contribution in [1.82, 2.24) is 15.3 Å². The fourth-order valence-electron chi connectivity index (χ4n) is 1.04. The van der Waals surface area contributed by atoms with Crippen LogP contribution in [0.3, 0.4) is 0 Å². The van der Waals surface area contributed by atoms with Gasteiger partial charge in [0, 0.05) is 12.6 Å². The van der Waals surface area contributed by atoms with Gasteiger partial charge in [-0.1, -0.05) is 0 Å². The minimum absolute atomic E-state index is 0.138. The average molecular weight is 280 g/mol. The summed E-state index contributed by atoms with van der Waals surface area (Å²) in [6, 6.07) is 0.710. The number of aromatic nitrogens is 2. The Morgan fingerprint density at radius 2 is 2.11 bits per heavy atom. The molecule has 0 unspecified atom stereocenters. The average Bonchev–Trinajstić information content (AvgIpc) is 2.27. The minimum atomic E-state index is -4.58. The van der Waals surface area contributed by atoms with E-state index in [1.165, 1.54) is 7.11 Å². The number of anilines is 1. The Morgan fingerprint density at radius 3 is 2.61 bits per heavy atom. The molecule has 0 bridgehead atoms. The predicted octanol–water partition coefficient (Wildman–Crippen LogP) is 1.81. The number of hydrogen-bond donors (Lipinski definition) is 2. The number of rotatable bonds is 3. The molecule has 18 heavy (non-hydrogen) atoms. The molecule has 0 spiro atoms. The lowest BCUT2D eigenvalue weighted by Gasteiger charge is -2.11. The lowest BCUT2D eigenvalue weighted by atomic mass is 10.4. The van der Waals surface area contributed by atoms with Crippen LogP contribution < -0.4 is 15.4 Å². The Morgan fingerprint density at radius 1 is 1.44 bits per heavy atom. The highest BCUT2D eigenvalue weighted by Gasteiger charge is 2.34. The largest absolute Gasteiger partial charge is 0.481 e. The highest BCUT2D eigenvalue weighted by atomic mass is 32.1. The summed E-state index contributed by atoms with van der Waals surface area (Å²) in [5.74, 6) is -0.466. The number of nitrogens with one attached hydrogen (secondary N) is 2. The molecular weight excluding hydrogens is 269 g/mol. The van der Waals surface area contributed by atoms with Gasteiger partial charge in [-0.05, 0) is 19.1 Å². The first-order chi connectivity index (χ1) is 8.36. The van der Waals surface area contributed by atoms with Crippen molar-refractivity contribution in [2.45, 2.75) is 13.1 Å². The minimum Gasteiger partial charge on any atom is -0.481 e. The summed E-state index contributed by atoms with van der Waals surface area (Å²) >= 11 is 4.83. The zero-order valence-corrected chi connectivity index (χ0v) is 10.4. The quantitative estimate of drug-likeness (QED) is 0.824. The number of ether oxygens (including phenoxy) is 1. The Balaban J connectivity index is 3.01. The zero-order valence-electron chi connectivity index (χ0n) is 9.63. The van der Waals surface area contributed by atoms with Gasteiger partial charge >= 0.3 is 6.18 Å². The van der Waals surface area contributed by atoms with Crippen molar-refractivity contribution in [3.8, 4) is 5.88 Å².